The minimum Gasteiger partial charge on any atom is -0.491 e. The second kappa shape index (κ2) is 6.23. The van der Waals surface area contributed by atoms with Crippen molar-refractivity contribution >= 4 is 5.69 Å². The molecule has 0 unspecified atom stereocenters. The zero-order valence-corrected chi connectivity index (χ0v) is 14.7. The van der Waals surface area contributed by atoms with Crippen LogP contribution < -0.4 is 10.1 Å². The van der Waals surface area contributed by atoms with E-state index in [-0.39, 0.29) is 6.04 Å². The first-order chi connectivity index (χ1) is 12.2. The first kappa shape index (κ1) is 15.7. The zero-order valence-electron chi connectivity index (χ0n) is 14.7. The molecule has 2 aromatic heterocycles. The second-order valence-corrected chi connectivity index (χ2v) is 6.35. The lowest BCUT2D eigenvalue weighted by molar-refractivity contribution is 0.307. The highest BCUT2D eigenvalue weighted by Crippen LogP contribution is 2.35. The zero-order chi connectivity index (χ0) is 17.4. The van der Waals surface area contributed by atoms with E-state index in [9.17, 15) is 0 Å². The highest BCUT2D eigenvalue weighted by molar-refractivity contribution is 5.71. The maximum atomic E-state index is 5.93. The largest absolute Gasteiger partial charge is 0.491 e. The fourth-order valence-corrected chi connectivity index (χ4v) is 3.11. The van der Waals surface area contributed by atoms with Crippen LogP contribution in [-0.4, -0.2) is 37.5 Å². The predicted octanol–water partition coefficient (Wildman–Crippen LogP) is 3.21. The summed E-state index contributed by atoms with van der Waals surface area (Å²) in [5, 5.41) is 7.64. The van der Waals surface area contributed by atoms with Crippen molar-refractivity contribution in [1.29, 1.82) is 0 Å². The molecule has 0 amide bonds. The van der Waals surface area contributed by atoms with E-state index in [1.807, 2.05) is 16.9 Å². The molecular weight excluding hydrogens is 316 g/mol. The fraction of sp³-hybridized carbons (Fsp3) is 0.389. The van der Waals surface area contributed by atoms with Gasteiger partial charge in [-0.15, -0.1) is 0 Å². The third kappa shape index (κ3) is 2.75. The Kier molecular flexibility index (Phi) is 3.91. The summed E-state index contributed by atoms with van der Waals surface area (Å²) in [5.74, 6) is 2.56. The van der Waals surface area contributed by atoms with Crippen molar-refractivity contribution in [2.24, 2.45) is 0 Å². The van der Waals surface area contributed by atoms with Crippen molar-refractivity contribution in [1.82, 2.24) is 24.3 Å². The standard InChI is InChI=1S/C18H22N6O/c1-4-19-13-5-6-14-16(9-13)25-8-7-23-10-15(22-17(14)23)18-20-11-21-24(18)12(2)3/h5-6,9-12,19H,4,7-8H2,1-3H3. The van der Waals surface area contributed by atoms with E-state index >= 15 is 0 Å². The molecule has 0 fully saturated rings. The van der Waals surface area contributed by atoms with Crippen LogP contribution in [-0.2, 0) is 6.54 Å². The molecule has 0 radical (unpaired) electrons. The van der Waals surface area contributed by atoms with Gasteiger partial charge in [0.1, 0.15) is 30.2 Å². The molecular formula is C18H22N6O. The lowest BCUT2D eigenvalue weighted by Gasteiger charge is -2.10. The number of fused-ring (bicyclic) bond motifs is 3. The van der Waals surface area contributed by atoms with Crippen molar-refractivity contribution in [3.8, 4) is 28.7 Å². The Bertz CT molecular complexity index is 895. The van der Waals surface area contributed by atoms with Crippen molar-refractivity contribution in [3.05, 3.63) is 30.7 Å². The monoisotopic (exact) mass is 338 g/mol. The number of rotatable bonds is 4. The Morgan fingerprint density at radius 1 is 1.28 bits per heavy atom. The van der Waals surface area contributed by atoms with E-state index in [1.165, 1.54) is 0 Å². The summed E-state index contributed by atoms with van der Waals surface area (Å²) in [6, 6.07) is 6.40. The van der Waals surface area contributed by atoms with Gasteiger partial charge in [0.25, 0.3) is 0 Å². The number of ether oxygens (including phenoxy) is 1. The van der Waals surface area contributed by atoms with Crippen LogP contribution in [0, 0.1) is 0 Å². The molecule has 0 bridgehead atoms. The van der Waals surface area contributed by atoms with E-state index in [2.05, 4.69) is 52.9 Å². The Balaban J connectivity index is 1.79. The van der Waals surface area contributed by atoms with Gasteiger partial charge >= 0.3 is 0 Å². The van der Waals surface area contributed by atoms with Crippen LogP contribution in [0.25, 0.3) is 22.9 Å². The number of nitrogens with zero attached hydrogens (tertiary/aromatic N) is 5. The van der Waals surface area contributed by atoms with Crippen LogP contribution in [0.2, 0.25) is 0 Å². The normalized spacial score (nSPS) is 13.1. The van der Waals surface area contributed by atoms with Crippen LogP contribution >= 0.6 is 0 Å². The number of imidazole rings is 1. The Labute approximate surface area is 146 Å². The minimum atomic E-state index is 0.234. The minimum absolute atomic E-state index is 0.234. The van der Waals surface area contributed by atoms with Gasteiger partial charge in [-0.25, -0.2) is 14.6 Å². The summed E-state index contributed by atoms with van der Waals surface area (Å²) in [4.78, 5) is 9.26. The third-order valence-corrected chi connectivity index (χ3v) is 4.26. The van der Waals surface area contributed by atoms with Gasteiger partial charge in [0.15, 0.2) is 5.82 Å². The Morgan fingerprint density at radius 2 is 2.16 bits per heavy atom. The van der Waals surface area contributed by atoms with Gasteiger partial charge < -0.3 is 14.6 Å². The number of hydrogen-bond acceptors (Lipinski definition) is 5. The smallest absolute Gasteiger partial charge is 0.178 e. The molecule has 0 spiro atoms. The molecule has 3 aromatic rings. The Hall–Kier alpha value is -2.83. The van der Waals surface area contributed by atoms with E-state index in [1.54, 1.807) is 6.33 Å². The SMILES string of the molecule is CCNc1ccc2c(c1)OCCn1cc(-c3ncnn3C(C)C)nc1-2. The predicted molar refractivity (Wildman–Crippen MR) is 96.7 cm³/mol. The maximum Gasteiger partial charge on any atom is 0.178 e. The van der Waals surface area contributed by atoms with Crippen LogP contribution in [0.1, 0.15) is 26.8 Å². The molecule has 0 saturated carbocycles. The van der Waals surface area contributed by atoms with Gasteiger partial charge in [0, 0.05) is 30.5 Å². The molecule has 0 atom stereocenters. The molecule has 1 N–H and O–H groups in total. The van der Waals surface area contributed by atoms with Crippen LogP contribution in [0.5, 0.6) is 5.75 Å². The lowest BCUT2D eigenvalue weighted by atomic mass is 10.1. The molecule has 25 heavy (non-hydrogen) atoms. The molecule has 0 aliphatic carbocycles. The fourth-order valence-electron chi connectivity index (χ4n) is 3.11. The summed E-state index contributed by atoms with van der Waals surface area (Å²) in [6.45, 7) is 8.50. The number of hydrogen-bond donors (Lipinski definition) is 1. The molecule has 1 aliphatic heterocycles. The second-order valence-electron chi connectivity index (χ2n) is 6.35. The highest BCUT2D eigenvalue weighted by Gasteiger charge is 2.21. The van der Waals surface area contributed by atoms with E-state index < -0.39 is 0 Å². The van der Waals surface area contributed by atoms with Crippen molar-refractivity contribution in [3.63, 3.8) is 0 Å². The molecule has 1 aromatic carbocycles. The topological polar surface area (TPSA) is 69.8 Å². The molecule has 7 heteroatoms. The average Bonchev–Trinajstić information content (AvgIpc) is 3.19. The van der Waals surface area contributed by atoms with Crippen molar-refractivity contribution in [2.45, 2.75) is 33.4 Å². The van der Waals surface area contributed by atoms with E-state index in [0.717, 1.165) is 47.4 Å². The summed E-state index contributed by atoms with van der Waals surface area (Å²) >= 11 is 0. The quantitative estimate of drug-likeness (QED) is 0.791. The van der Waals surface area contributed by atoms with Crippen LogP contribution in [0.4, 0.5) is 5.69 Å². The van der Waals surface area contributed by atoms with Crippen molar-refractivity contribution < 1.29 is 4.74 Å². The Morgan fingerprint density at radius 3 is 2.96 bits per heavy atom. The molecule has 3 heterocycles. The number of benzene rings is 1. The summed E-state index contributed by atoms with van der Waals surface area (Å²) < 4.78 is 9.96. The summed E-state index contributed by atoms with van der Waals surface area (Å²) in [7, 11) is 0. The van der Waals surface area contributed by atoms with Gasteiger partial charge in [0.05, 0.1) is 12.1 Å². The van der Waals surface area contributed by atoms with Gasteiger partial charge in [0.2, 0.25) is 0 Å². The lowest BCUT2D eigenvalue weighted by Crippen LogP contribution is -2.06. The highest BCUT2D eigenvalue weighted by atomic mass is 16.5. The number of anilines is 1. The molecule has 1 aliphatic rings. The van der Waals surface area contributed by atoms with Gasteiger partial charge in [-0.1, -0.05) is 0 Å². The van der Waals surface area contributed by atoms with Gasteiger partial charge in [-0.3, -0.25) is 0 Å². The van der Waals surface area contributed by atoms with E-state index in [4.69, 9.17) is 9.72 Å². The molecule has 0 saturated heterocycles. The van der Waals surface area contributed by atoms with Crippen LogP contribution in [0.3, 0.4) is 0 Å². The summed E-state index contributed by atoms with van der Waals surface area (Å²) in [6.07, 6.45) is 3.62. The first-order valence-corrected chi connectivity index (χ1v) is 8.65. The maximum absolute atomic E-state index is 5.93. The average molecular weight is 338 g/mol. The van der Waals surface area contributed by atoms with Gasteiger partial charge in [-0.05, 0) is 32.9 Å². The number of aromatic nitrogens is 5. The first-order valence-electron chi connectivity index (χ1n) is 8.65. The molecule has 130 valence electrons. The molecule has 7 nitrogen and oxygen atoms in total. The van der Waals surface area contributed by atoms with Crippen LogP contribution in [0.15, 0.2) is 30.7 Å². The molecule has 4 rings (SSSR count). The van der Waals surface area contributed by atoms with Crippen molar-refractivity contribution in [2.75, 3.05) is 18.5 Å². The third-order valence-electron chi connectivity index (χ3n) is 4.26. The van der Waals surface area contributed by atoms with E-state index in [0.29, 0.717) is 6.61 Å². The number of nitrogens with one attached hydrogen (secondary N) is 1. The van der Waals surface area contributed by atoms with Gasteiger partial charge in [-0.2, -0.15) is 5.10 Å². The summed E-state index contributed by atoms with van der Waals surface area (Å²) in [5.41, 5.74) is 2.90.